The van der Waals surface area contributed by atoms with E-state index < -0.39 is 11.7 Å². The van der Waals surface area contributed by atoms with Gasteiger partial charge in [-0.2, -0.15) is 0 Å². The Balaban J connectivity index is 2.01. The molecule has 0 aliphatic carbocycles. The first kappa shape index (κ1) is 17.0. The summed E-state index contributed by atoms with van der Waals surface area (Å²) in [7, 11) is 1.65. The Labute approximate surface area is 132 Å². The smallest absolute Gasteiger partial charge is 0.118 e. The molecular formula is C18H26O4. The molecule has 1 aliphatic rings. The second-order valence-electron chi connectivity index (χ2n) is 6.14. The van der Waals surface area contributed by atoms with E-state index in [-0.39, 0.29) is 18.1 Å². The molecule has 1 fully saturated rings. The second-order valence-corrected chi connectivity index (χ2v) is 6.14. The molecule has 1 aromatic carbocycles. The molecule has 22 heavy (non-hydrogen) atoms. The summed E-state index contributed by atoms with van der Waals surface area (Å²) in [6.07, 6.45) is 0.761. The number of aliphatic hydroxyl groups excluding tert-OH is 1. The first-order chi connectivity index (χ1) is 10.4. The van der Waals surface area contributed by atoms with Gasteiger partial charge in [0.1, 0.15) is 11.4 Å². The van der Waals surface area contributed by atoms with Crippen LogP contribution in [-0.4, -0.2) is 36.1 Å². The lowest BCUT2D eigenvalue weighted by Crippen LogP contribution is -2.58. The molecule has 0 unspecified atom stereocenters. The number of methoxy groups -OCH3 is 1. The summed E-state index contributed by atoms with van der Waals surface area (Å²) < 4.78 is 17.1. The molecule has 1 saturated heterocycles. The molecule has 0 spiro atoms. The minimum Gasteiger partial charge on any atom is -0.497 e. The molecule has 5 atom stereocenters. The maximum absolute atomic E-state index is 10.5. The van der Waals surface area contributed by atoms with Crippen LogP contribution in [0.15, 0.2) is 36.9 Å². The first-order valence-electron chi connectivity index (χ1n) is 7.65. The molecule has 1 aliphatic heterocycles. The normalized spacial score (nSPS) is 35.1. The molecule has 0 saturated carbocycles. The van der Waals surface area contributed by atoms with Gasteiger partial charge < -0.3 is 19.3 Å². The Morgan fingerprint density at radius 1 is 1.32 bits per heavy atom. The van der Waals surface area contributed by atoms with E-state index in [0.717, 1.165) is 11.3 Å². The van der Waals surface area contributed by atoms with Crippen LogP contribution in [0.3, 0.4) is 0 Å². The lowest BCUT2D eigenvalue weighted by Gasteiger charge is -2.47. The van der Waals surface area contributed by atoms with Crippen molar-refractivity contribution in [2.45, 2.75) is 51.3 Å². The molecular weight excluding hydrogens is 280 g/mol. The molecule has 1 N–H and O–H groups in total. The number of hydrogen-bond acceptors (Lipinski definition) is 4. The Bertz CT molecular complexity index is 498. The molecule has 122 valence electrons. The van der Waals surface area contributed by atoms with Crippen LogP contribution >= 0.6 is 0 Å². The van der Waals surface area contributed by atoms with Crippen LogP contribution in [0.4, 0.5) is 0 Å². The summed E-state index contributed by atoms with van der Waals surface area (Å²) in [6, 6.07) is 7.77. The van der Waals surface area contributed by atoms with Gasteiger partial charge in [-0.25, -0.2) is 0 Å². The zero-order chi connectivity index (χ0) is 16.3. The fraction of sp³-hybridized carbons (Fsp3) is 0.556. The predicted octanol–water partition coefficient (Wildman–Crippen LogP) is 2.94. The Hall–Kier alpha value is -1.36. The third-order valence-corrected chi connectivity index (χ3v) is 4.51. The van der Waals surface area contributed by atoms with Crippen LogP contribution in [0.5, 0.6) is 5.75 Å². The zero-order valence-corrected chi connectivity index (χ0v) is 13.8. The third kappa shape index (κ3) is 3.35. The van der Waals surface area contributed by atoms with Crippen molar-refractivity contribution in [1.29, 1.82) is 0 Å². The zero-order valence-electron chi connectivity index (χ0n) is 13.8. The summed E-state index contributed by atoms with van der Waals surface area (Å²) >= 11 is 0. The standard InChI is InChI=1S/C18H26O4/c1-6-18(4)17(19)12(2)16(13(3)22-18)21-11-14-7-9-15(20-5)10-8-14/h6-10,12-13,16-17,19H,1,11H2,2-5H3/t12-,13+,16-,17+,18-/m1/s1. The van der Waals surface area contributed by atoms with Crippen molar-refractivity contribution >= 4 is 0 Å². The number of benzene rings is 1. The molecule has 0 radical (unpaired) electrons. The predicted molar refractivity (Wildman–Crippen MR) is 85.9 cm³/mol. The van der Waals surface area contributed by atoms with Crippen molar-refractivity contribution in [2.75, 3.05) is 7.11 Å². The van der Waals surface area contributed by atoms with Gasteiger partial charge in [-0.15, -0.1) is 6.58 Å². The maximum atomic E-state index is 10.5. The van der Waals surface area contributed by atoms with Gasteiger partial charge in [-0.1, -0.05) is 25.1 Å². The van der Waals surface area contributed by atoms with Crippen LogP contribution in [0.25, 0.3) is 0 Å². The third-order valence-electron chi connectivity index (χ3n) is 4.51. The first-order valence-corrected chi connectivity index (χ1v) is 7.65. The van der Waals surface area contributed by atoms with Crippen LogP contribution in [0.1, 0.15) is 26.3 Å². The molecule has 2 rings (SSSR count). The Morgan fingerprint density at radius 3 is 2.50 bits per heavy atom. The van der Waals surface area contributed by atoms with Gasteiger partial charge >= 0.3 is 0 Å². The highest BCUT2D eigenvalue weighted by Crippen LogP contribution is 2.35. The monoisotopic (exact) mass is 306 g/mol. The van der Waals surface area contributed by atoms with Gasteiger partial charge in [-0.3, -0.25) is 0 Å². The summed E-state index contributed by atoms with van der Waals surface area (Å²) in [6.45, 7) is 10.1. The minimum atomic E-state index is -0.723. The van der Waals surface area contributed by atoms with Crippen molar-refractivity contribution in [3.8, 4) is 5.75 Å². The fourth-order valence-corrected chi connectivity index (χ4v) is 3.04. The highest BCUT2D eigenvalue weighted by atomic mass is 16.6. The van der Waals surface area contributed by atoms with Crippen LogP contribution < -0.4 is 4.74 Å². The second kappa shape index (κ2) is 6.82. The quantitative estimate of drug-likeness (QED) is 0.850. The molecule has 4 heteroatoms. The van der Waals surface area contributed by atoms with Crippen LogP contribution in [0, 0.1) is 5.92 Å². The van der Waals surface area contributed by atoms with E-state index in [2.05, 4.69) is 6.58 Å². The van der Waals surface area contributed by atoms with E-state index in [1.807, 2.05) is 45.0 Å². The van der Waals surface area contributed by atoms with Gasteiger partial charge in [0.05, 0.1) is 32.0 Å². The van der Waals surface area contributed by atoms with Crippen molar-refractivity contribution in [3.05, 3.63) is 42.5 Å². The summed E-state index contributed by atoms with van der Waals surface area (Å²) in [4.78, 5) is 0. The van der Waals surface area contributed by atoms with Crippen LogP contribution in [0.2, 0.25) is 0 Å². The fourth-order valence-electron chi connectivity index (χ4n) is 3.04. The average molecular weight is 306 g/mol. The molecule has 0 amide bonds. The lowest BCUT2D eigenvalue weighted by molar-refractivity contribution is -0.232. The van der Waals surface area contributed by atoms with Gasteiger partial charge in [-0.05, 0) is 31.5 Å². The van der Waals surface area contributed by atoms with E-state index in [9.17, 15) is 5.11 Å². The summed E-state index contributed by atoms with van der Waals surface area (Å²) in [5.74, 6) is 0.786. The Kier molecular flexibility index (Phi) is 5.27. The highest BCUT2D eigenvalue weighted by molar-refractivity contribution is 5.26. The summed E-state index contributed by atoms with van der Waals surface area (Å²) in [5.41, 5.74) is 0.338. The van der Waals surface area contributed by atoms with E-state index in [1.54, 1.807) is 13.2 Å². The van der Waals surface area contributed by atoms with E-state index >= 15 is 0 Å². The van der Waals surface area contributed by atoms with Gasteiger partial charge in [0.2, 0.25) is 0 Å². The highest BCUT2D eigenvalue weighted by Gasteiger charge is 2.47. The van der Waals surface area contributed by atoms with Crippen molar-refractivity contribution in [3.63, 3.8) is 0 Å². The van der Waals surface area contributed by atoms with Crippen molar-refractivity contribution in [2.24, 2.45) is 5.92 Å². The average Bonchev–Trinajstić information content (AvgIpc) is 2.53. The van der Waals surface area contributed by atoms with Crippen LogP contribution in [-0.2, 0) is 16.1 Å². The topological polar surface area (TPSA) is 47.9 Å². The molecule has 1 heterocycles. The van der Waals surface area contributed by atoms with E-state index in [0.29, 0.717) is 6.61 Å². The molecule has 4 nitrogen and oxygen atoms in total. The number of ether oxygens (including phenoxy) is 3. The van der Waals surface area contributed by atoms with E-state index in [4.69, 9.17) is 14.2 Å². The minimum absolute atomic E-state index is 0.0370. The number of rotatable bonds is 5. The van der Waals surface area contributed by atoms with Gasteiger partial charge in [0, 0.05) is 5.92 Å². The maximum Gasteiger partial charge on any atom is 0.118 e. The van der Waals surface area contributed by atoms with Crippen molar-refractivity contribution < 1.29 is 19.3 Å². The van der Waals surface area contributed by atoms with Gasteiger partial charge in [0.25, 0.3) is 0 Å². The largest absolute Gasteiger partial charge is 0.497 e. The number of hydrogen-bond donors (Lipinski definition) is 1. The van der Waals surface area contributed by atoms with Crippen molar-refractivity contribution in [1.82, 2.24) is 0 Å². The molecule has 0 bridgehead atoms. The molecule has 1 aromatic rings. The van der Waals surface area contributed by atoms with Gasteiger partial charge in [0.15, 0.2) is 0 Å². The molecule has 0 aromatic heterocycles. The summed E-state index contributed by atoms with van der Waals surface area (Å²) in [5, 5.41) is 10.5. The Morgan fingerprint density at radius 2 is 1.95 bits per heavy atom. The number of aliphatic hydroxyl groups is 1. The van der Waals surface area contributed by atoms with E-state index in [1.165, 1.54) is 0 Å². The lowest BCUT2D eigenvalue weighted by atomic mass is 9.81. The SMILES string of the molecule is C=C[C@@]1(C)O[C@@H](C)[C@H](OCc2ccc(OC)cc2)[C@@H](C)[C@@H]1O.